The summed E-state index contributed by atoms with van der Waals surface area (Å²) in [6, 6.07) is 5.06. The summed E-state index contributed by atoms with van der Waals surface area (Å²) >= 11 is 1.20. The number of halogens is 1. The summed E-state index contributed by atoms with van der Waals surface area (Å²) in [6.07, 6.45) is 0. The van der Waals surface area contributed by atoms with Gasteiger partial charge < -0.3 is 0 Å². The minimum Gasteiger partial charge on any atom is -0.275 e. The molecular formula is C11H10FN3O3S. The number of nitrogens with zero attached hydrogens (tertiary/aromatic N) is 1. The molecule has 0 spiro atoms. The van der Waals surface area contributed by atoms with Crippen molar-refractivity contribution in [2.75, 3.05) is 12.3 Å². The fraction of sp³-hybridized carbons (Fsp3) is 0.182. The molecule has 0 saturated carbocycles. The fourth-order valence-corrected chi connectivity index (χ4v) is 2.09. The molecular weight excluding hydrogens is 273 g/mol. The number of carbonyl (C=O) groups excluding carboxylic acids is 3. The number of amides is 4. The van der Waals surface area contributed by atoms with Gasteiger partial charge >= 0.3 is 6.03 Å². The lowest BCUT2D eigenvalue weighted by molar-refractivity contribution is -0.122. The molecule has 1 aromatic carbocycles. The largest absolute Gasteiger partial charge is 0.343 e. The first kappa shape index (κ1) is 13.3. The molecule has 1 aliphatic heterocycles. The summed E-state index contributed by atoms with van der Waals surface area (Å²) in [6.45, 7) is -0.189. The second kappa shape index (κ2) is 5.70. The Morgan fingerprint density at radius 1 is 1.37 bits per heavy atom. The predicted octanol–water partition coefficient (Wildman–Crippen LogP) is 0.501. The lowest BCUT2D eigenvalue weighted by Gasteiger charge is -2.14. The van der Waals surface area contributed by atoms with Crippen molar-refractivity contribution in [2.24, 2.45) is 0 Å². The molecule has 1 aliphatic rings. The van der Waals surface area contributed by atoms with Crippen LogP contribution in [0.1, 0.15) is 0 Å². The zero-order valence-corrected chi connectivity index (χ0v) is 10.5. The number of urea groups is 1. The Bertz CT molecular complexity index is 520. The van der Waals surface area contributed by atoms with E-state index in [4.69, 9.17) is 0 Å². The molecule has 1 fully saturated rings. The molecule has 6 nitrogen and oxygen atoms in total. The quantitative estimate of drug-likeness (QED) is 0.623. The molecule has 19 heavy (non-hydrogen) atoms. The van der Waals surface area contributed by atoms with Crippen LogP contribution in [0.5, 0.6) is 0 Å². The van der Waals surface area contributed by atoms with Gasteiger partial charge in [-0.1, -0.05) is 0 Å². The summed E-state index contributed by atoms with van der Waals surface area (Å²) in [7, 11) is 0. The van der Waals surface area contributed by atoms with Gasteiger partial charge in [0.05, 0.1) is 5.75 Å². The molecule has 0 unspecified atom stereocenters. The summed E-state index contributed by atoms with van der Waals surface area (Å²) in [5.74, 6) is -1.17. The van der Waals surface area contributed by atoms with Crippen molar-refractivity contribution >= 4 is 29.6 Å². The van der Waals surface area contributed by atoms with Crippen molar-refractivity contribution in [1.29, 1.82) is 0 Å². The predicted molar refractivity (Wildman–Crippen MR) is 65.5 cm³/mol. The van der Waals surface area contributed by atoms with Gasteiger partial charge in [-0.15, -0.1) is 11.8 Å². The molecule has 100 valence electrons. The van der Waals surface area contributed by atoms with E-state index >= 15 is 0 Å². The Morgan fingerprint density at radius 3 is 2.63 bits per heavy atom. The van der Waals surface area contributed by atoms with Crippen LogP contribution in [0.2, 0.25) is 0 Å². The van der Waals surface area contributed by atoms with E-state index in [1.807, 2.05) is 5.32 Å². The van der Waals surface area contributed by atoms with Gasteiger partial charge in [0, 0.05) is 4.90 Å². The topological polar surface area (TPSA) is 78.5 Å². The molecule has 0 aliphatic carbocycles. The smallest absolute Gasteiger partial charge is 0.275 e. The SMILES string of the molecule is O=C1CN(NC(=O)CSc2ccc(F)cc2)C(=O)N1. The first-order chi connectivity index (χ1) is 9.04. The maximum absolute atomic E-state index is 12.7. The van der Waals surface area contributed by atoms with E-state index in [0.29, 0.717) is 0 Å². The lowest BCUT2D eigenvalue weighted by Crippen LogP contribution is -2.44. The van der Waals surface area contributed by atoms with E-state index in [-0.39, 0.29) is 18.1 Å². The van der Waals surface area contributed by atoms with Gasteiger partial charge in [-0.05, 0) is 24.3 Å². The minimum absolute atomic E-state index is 0.0591. The molecule has 2 N–H and O–H groups in total. The molecule has 0 aromatic heterocycles. The Labute approximate surface area is 112 Å². The van der Waals surface area contributed by atoms with Crippen molar-refractivity contribution in [3.8, 4) is 0 Å². The van der Waals surface area contributed by atoms with Crippen LogP contribution in [0.15, 0.2) is 29.2 Å². The monoisotopic (exact) mass is 283 g/mol. The van der Waals surface area contributed by atoms with Gasteiger partial charge in [0.2, 0.25) is 11.8 Å². The van der Waals surface area contributed by atoms with E-state index in [2.05, 4.69) is 5.43 Å². The van der Waals surface area contributed by atoms with Crippen LogP contribution in [0.25, 0.3) is 0 Å². The van der Waals surface area contributed by atoms with Gasteiger partial charge in [0.1, 0.15) is 12.4 Å². The molecule has 0 atom stereocenters. The first-order valence-electron chi connectivity index (χ1n) is 5.34. The highest BCUT2D eigenvalue weighted by Gasteiger charge is 2.27. The second-order valence-corrected chi connectivity index (χ2v) is 4.77. The van der Waals surface area contributed by atoms with Gasteiger partial charge in [-0.25, -0.2) is 14.2 Å². The minimum atomic E-state index is -0.648. The van der Waals surface area contributed by atoms with Gasteiger partial charge in [-0.2, -0.15) is 0 Å². The third-order valence-electron chi connectivity index (χ3n) is 2.24. The molecule has 1 heterocycles. The Hall–Kier alpha value is -2.09. The number of rotatable bonds is 4. The maximum atomic E-state index is 12.7. The Balaban J connectivity index is 1.80. The summed E-state index contributed by atoms with van der Waals surface area (Å²) < 4.78 is 12.7. The Morgan fingerprint density at radius 2 is 2.05 bits per heavy atom. The van der Waals surface area contributed by atoms with Crippen LogP contribution >= 0.6 is 11.8 Å². The van der Waals surface area contributed by atoms with E-state index in [0.717, 1.165) is 9.90 Å². The number of benzene rings is 1. The van der Waals surface area contributed by atoms with Crippen LogP contribution in [0.3, 0.4) is 0 Å². The lowest BCUT2D eigenvalue weighted by atomic mass is 10.4. The molecule has 0 bridgehead atoms. The number of hydrogen-bond donors (Lipinski definition) is 2. The van der Waals surface area contributed by atoms with Crippen LogP contribution in [0.4, 0.5) is 9.18 Å². The molecule has 1 saturated heterocycles. The van der Waals surface area contributed by atoms with Gasteiger partial charge in [-0.3, -0.25) is 20.3 Å². The molecule has 8 heteroatoms. The van der Waals surface area contributed by atoms with E-state index < -0.39 is 17.8 Å². The number of carbonyl (C=O) groups is 3. The zero-order valence-electron chi connectivity index (χ0n) is 9.68. The van der Waals surface area contributed by atoms with Gasteiger partial charge in [0.25, 0.3) is 0 Å². The van der Waals surface area contributed by atoms with Crippen molar-refractivity contribution in [2.45, 2.75) is 4.90 Å². The molecule has 2 rings (SSSR count). The summed E-state index contributed by atoms with van der Waals surface area (Å²) in [5, 5.41) is 2.95. The standard InChI is InChI=1S/C11H10FN3O3S/c12-7-1-3-8(4-2-7)19-6-10(17)14-15-5-9(16)13-11(15)18/h1-4H,5-6H2,(H,14,17)(H,13,16,18). The van der Waals surface area contributed by atoms with Crippen LogP contribution < -0.4 is 10.7 Å². The maximum Gasteiger partial charge on any atom is 0.343 e. The van der Waals surface area contributed by atoms with Gasteiger partial charge in [0.15, 0.2) is 0 Å². The number of hydrazine groups is 1. The zero-order chi connectivity index (χ0) is 13.8. The highest BCUT2D eigenvalue weighted by atomic mass is 32.2. The first-order valence-corrected chi connectivity index (χ1v) is 6.32. The number of nitrogens with one attached hydrogen (secondary N) is 2. The highest BCUT2D eigenvalue weighted by Crippen LogP contribution is 2.17. The van der Waals surface area contributed by atoms with Crippen LogP contribution in [-0.2, 0) is 9.59 Å². The number of imide groups is 1. The fourth-order valence-electron chi connectivity index (χ4n) is 1.39. The highest BCUT2D eigenvalue weighted by molar-refractivity contribution is 8.00. The van der Waals surface area contributed by atoms with Crippen molar-refractivity contribution in [3.05, 3.63) is 30.1 Å². The number of hydrogen-bond acceptors (Lipinski definition) is 4. The number of thioether (sulfide) groups is 1. The summed E-state index contributed by atoms with van der Waals surface area (Å²) in [5.41, 5.74) is 2.31. The second-order valence-electron chi connectivity index (χ2n) is 3.72. The molecule has 4 amide bonds. The molecule has 1 aromatic rings. The molecule has 0 radical (unpaired) electrons. The van der Waals surface area contributed by atoms with Crippen molar-refractivity contribution in [3.63, 3.8) is 0 Å². The van der Waals surface area contributed by atoms with Crippen LogP contribution in [0, 0.1) is 5.82 Å². The van der Waals surface area contributed by atoms with Crippen LogP contribution in [-0.4, -0.2) is 35.2 Å². The third kappa shape index (κ3) is 3.68. The van der Waals surface area contributed by atoms with Crippen molar-refractivity contribution in [1.82, 2.24) is 15.8 Å². The summed E-state index contributed by atoms with van der Waals surface area (Å²) in [4.78, 5) is 34.3. The average molecular weight is 283 g/mol. The van der Waals surface area contributed by atoms with E-state index in [1.54, 1.807) is 12.1 Å². The van der Waals surface area contributed by atoms with E-state index in [9.17, 15) is 18.8 Å². The van der Waals surface area contributed by atoms with Crippen molar-refractivity contribution < 1.29 is 18.8 Å². The average Bonchev–Trinajstić information content (AvgIpc) is 2.67. The Kier molecular flexibility index (Phi) is 4.00. The normalized spacial score (nSPS) is 14.5. The third-order valence-corrected chi connectivity index (χ3v) is 3.25. The van der Waals surface area contributed by atoms with E-state index in [1.165, 1.54) is 23.9 Å².